The molecule has 3 N–H and O–H groups in total. The Bertz CT molecular complexity index is 957. The zero-order valence-corrected chi connectivity index (χ0v) is 15.2. The van der Waals surface area contributed by atoms with Gasteiger partial charge in [-0.05, 0) is 54.3 Å². The Morgan fingerprint density at radius 2 is 1.89 bits per heavy atom. The molecule has 0 spiro atoms. The van der Waals surface area contributed by atoms with Crippen LogP contribution in [-0.2, 0) is 0 Å². The predicted molar refractivity (Wildman–Crippen MR) is 104 cm³/mol. The third-order valence-electron chi connectivity index (χ3n) is 4.43. The fraction of sp³-hybridized carbons (Fsp3) is 0.190. The van der Waals surface area contributed by atoms with Crippen LogP contribution in [0.1, 0.15) is 34.3 Å². The van der Waals surface area contributed by atoms with Gasteiger partial charge in [0.25, 0.3) is 0 Å². The van der Waals surface area contributed by atoms with E-state index in [1.54, 1.807) is 30.3 Å². The Hall–Kier alpha value is -3.28. The van der Waals surface area contributed by atoms with E-state index in [0.29, 0.717) is 23.6 Å². The summed E-state index contributed by atoms with van der Waals surface area (Å²) in [4.78, 5) is 11.4. The van der Waals surface area contributed by atoms with Crippen LogP contribution in [0.2, 0.25) is 0 Å². The smallest absolute Gasteiger partial charge is 0.248 e. The average Bonchev–Trinajstić information content (AvgIpc) is 2.67. The Balaban J connectivity index is 1.72. The quantitative estimate of drug-likeness (QED) is 0.695. The molecule has 1 unspecified atom stereocenters. The van der Waals surface area contributed by atoms with Crippen LogP contribution >= 0.6 is 0 Å². The zero-order valence-electron chi connectivity index (χ0n) is 15.2. The summed E-state index contributed by atoms with van der Waals surface area (Å²) in [6.45, 7) is 4.65. The van der Waals surface area contributed by atoms with Crippen molar-refractivity contribution in [2.24, 2.45) is 5.73 Å². The highest BCUT2D eigenvalue weighted by atomic mass is 19.1. The molecule has 0 bridgehead atoms. The topological polar surface area (TPSA) is 80.9 Å². The third-order valence-corrected chi connectivity index (χ3v) is 4.43. The van der Waals surface area contributed by atoms with Crippen LogP contribution in [0, 0.1) is 12.7 Å². The van der Waals surface area contributed by atoms with Crippen molar-refractivity contribution < 1.29 is 9.18 Å². The van der Waals surface area contributed by atoms with Gasteiger partial charge in [0, 0.05) is 17.7 Å². The van der Waals surface area contributed by atoms with Crippen molar-refractivity contribution in [1.29, 1.82) is 0 Å². The van der Waals surface area contributed by atoms with Gasteiger partial charge in [0.2, 0.25) is 5.91 Å². The SMILES string of the molecule is Cc1cc(NCC(C)c2ccc(F)cc2)nnc1-c1cccc(C(N)=O)c1. The van der Waals surface area contributed by atoms with Gasteiger partial charge in [0.15, 0.2) is 0 Å². The molecule has 0 aliphatic heterocycles. The summed E-state index contributed by atoms with van der Waals surface area (Å²) in [5, 5.41) is 11.8. The number of carbonyl (C=O) groups excluding carboxylic acids is 1. The first-order valence-corrected chi connectivity index (χ1v) is 8.68. The summed E-state index contributed by atoms with van der Waals surface area (Å²) >= 11 is 0. The van der Waals surface area contributed by atoms with Crippen LogP contribution in [-0.4, -0.2) is 22.6 Å². The molecule has 5 nitrogen and oxygen atoms in total. The molecule has 1 amide bonds. The predicted octanol–water partition coefficient (Wildman–Crippen LogP) is 3.91. The number of aryl methyl sites for hydroxylation is 1. The van der Waals surface area contributed by atoms with E-state index in [4.69, 9.17) is 5.73 Å². The van der Waals surface area contributed by atoms with Gasteiger partial charge in [0.05, 0.1) is 5.69 Å². The standard InChI is InChI=1S/C21H21FN4O/c1-13-10-19(24-12-14(2)15-6-8-18(22)9-7-15)25-26-20(13)16-4-3-5-17(11-16)21(23)27/h3-11,14H,12H2,1-2H3,(H2,23,27)(H,24,25). The highest BCUT2D eigenvalue weighted by Crippen LogP contribution is 2.23. The van der Waals surface area contributed by atoms with E-state index in [9.17, 15) is 9.18 Å². The normalized spacial score (nSPS) is 11.8. The number of anilines is 1. The van der Waals surface area contributed by atoms with Gasteiger partial charge in [-0.3, -0.25) is 4.79 Å². The van der Waals surface area contributed by atoms with E-state index >= 15 is 0 Å². The number of amides is 1. The van der Waals surface area contributed by atoms with Gasteiger partial charge < -0.3 is 11.1 Å². The van der Waals surface area contributed by atoms with Crippen molar-refractivity contribution >= 4 is 11.7 Å². The maximum absolute atomic E-state index is 13.0. The molecule has 6 heteroatoms. The maximum atomic E-state index is 13.0. The monoisotopic (exact) mass is 364 g/mol. The lowest BCUT2D eigenvalue weighted by molar-refractivity contribution is 0.100. The Morgan fingerprint density at radius 3 is 2.56 bits per heavy atom. The van der Waals surface area contributed by atoms with Crippen molar-refractivity contribution in [3.63, 3.8) is 0 Å². The molecule has 1 heterocycles. The number of halogens is 1. The number of nitrogens with zero attached hydrogens (tertiary/aromatic N) is 2. The van der Waals surface area contributed by atoms with Crippen LogP contribution in [0.25, 0.3) is 11.3 Å². The first-order chi connectivity index (χ1) is 12.9. The molecule has 0 radical (unpaired) electrons. The Labute approximate surface area is 157 Å². The molecule has 0 aliphatic rings. The molecular weight excluding hydrogens is 343 g/mol. The minimum absolute atomic E-state index is 0.194. The first kappa shape index (κ1) is 18.5. The molecule has 1 atom stereocenters. The molecule has 1 aromatic heterocycles. The number of nitrogens with two attached hydrogens (primary N) is 1. The van der Waals surface area contributed by atoms with E-state index in [1.807, 2.05) is 19.1 Å². The number of rotatable bonds is 6. The van der Waals surface area contributed by atoms with Crippen molar-refractivity contribution in [2.75, 3.05) is 11.9 Å². The molecule has 138 valence electrons. The molecule has 3 rings (SSSR count). The van der Waals surface area contributed by atoms with Crippen molar-refractivity contribution in [3.8, 4) is 11.3 Å². The van der Waals surface area contributed by atoms with Crippen LogP contribution in [0.4, 0.5) is 10.2 Å². The van der Waals surface area contributed by atoms with Gasteiger partial charge in [0.1, 0.15) is 11.6 Å². The minimum Gasteiger partial charge on any atom is -0.368 e. The number of nitrogens with one attached hydrogen (secondary N) is 1. The fourth-order valence-electron chi connectivity index (χ4n) is 2.84. The Kier molecular flexibility index (Phi) is 5.45. The van der Waals surface area contributed by atoms with Crippen LogP contribution in [0.3, 0.4) is 0 Å². The highest BCUT2D eigenvalue weighted by Gasteiger charge is 2.10. The zero-order chi connectivity index (χ0) is 19.4. The van der Waals surface area contributed by atoms with Gasteiger partial charge >= 0.3 is 0 Å². The second kappa shape index (κ2) is 7.95. The fourth-order valence-corrected chi connectivity index (χ4v) is 2.84. The van der Waals surface area contributed by atoms with E-state index < -0.39 is 5.91 Å². The van der Waals surface area contributed by atoms with Crippen LogP contribution in [0.5, 0.6) is 0 Å². The lowest BCUT2D eigenvalue weighted by atomic mass is 10.0. The number of hydrogen-bond donors (Lipinski definition) is 2. The molecular formula is C21H21FN4O. The summed E-state index contributed by atoms with van der Waals surface area (Å²) in [5.41, 5.74) is 9.26. The lowest BCUT2D eigenvalue weighted by Crippen LogP contribution is -2.12. The van der Waals surface area contributed by atoms with Gasteiger partial charge in [-0.15, -0.1) is 10.2 Å². The second-order valence-corrected chi connectivity index (χ2v) is 6.54. The average molecular weight is 364 g/mol. The number of carbonyl (C=O) groups is 1. The molecule has 0 fully saturated rings. The molecule has 27 heavy (non-hydrogen) atoms. The summed E-state index contributed by atoms with van der Waals surface area (Å²) in [5.74, 6) is 0.142. The van der Waals surface area contributed by atoms with Crippen LogP contribution in [0.15, 0.2) is 54.6 Å². The minimum atomic E-state index is -0.476. The lowest BCUT2D eigenvalue weighted by Gasteiger charge is -2.14. The largest absolute Gasteiger partial charge is 0.368 e. The van der Waals surface area contributed by atoms with Crippen molar-refractivity contribution in [2.45, 2.75) is 19.8 Å². The molecule has 0 saturated carbocycles. The van der Waals surface area contributed by atoms with Gasteiger partial charge in [-0.25, -0.2) is 4.39 Å². The number of hydrogen-bond acceptors (Lipinski definition) is 4. The second-order valence-electron chi connectivity index (χ2n) is 6.54. The summed E-state index contributed by atoms with van der Waals surface area (Å²) in [6.07, 6.45) is 0. The van der Waals surface area contributed by atoms with Gasteiger partial charge in [-0.2, -0.15) is 0 Å². The number of benzene rings is 2. The Morgan fingerprint density at radius 1 is 1.15 bits per heavy atom. The van der Waals surface area contributed by atoms with Gasteiger partial charge in [-0.1, -0.05) is 31.2 Å². The van der Waals surface area contributed by atoms with E-state index in [0.717, 1.165) is 16.7 Å². The van der Waals surface area contributed by atoms with E-state index in [-0.39, 0.29) is 11.7 Å². The molecule has 3 aromatic rings. The number of primary amides is 1. The summed E-state index contributed by atoms with van der Waals surface area (Å²) in [7, 11) is 0. The molecule has 2 aromatic carbocycles. The van der Waals surface area contributed by atoms with E-state index in [1.165, 1.54) is 12.1 Å². The van der Waals surface area contributed by atoms with Crippen molar-refractivity contribution in [3.05, 3.63) is 77.1 Å². The van der Waals surface area contributed by atoms with E-state index in [2.05, 4.69) is 22.4 Å². The molecule has 0 aliphatic carbocycles. The third kappa shape index (κ3) is 4.47. The van der Waals surface area contributed by atoms with Crippen LogP contribution < -0.4 is 11.1 Å². The molecule has 0 saturated heterocycles. The highest BCUT2D eigenvalue weighted by molar-refractivity contribution is 5.94. The first-order valence-electron chi connectivity index (χ1n) is 8.68. The van der Waals surface area contributed by atoms with Crippen molar-refractivity contribution in [1.82, 2.24) is 10.2 Å². The maximum Gasteiger partial charge on any atom is 0.248 e. The number of aromatic nitrogens is 2. The summed E-state index contributed by atoms with van der Waals surface area (Å²) in [6, 6.07) is 15.4. The summed E-state index contributed by atoms with van der Waals surface area (Å²) < 4.78 is 13.0.